The molecule has 1 rings (SSSR count). The number of carbonyl (C=O) groups excluding carboxylic acids is 1. The third kappa shape index (κ3) is 4.00. The van der Waals surface area contributed by atoms with E-state index in [1.807, 2.05) is 44.2 Å². The van der Waals surface area contributed by atoms with Gasteiger partial charge in [-0.15, -0.1) is 6.58 Å². The quantitative estimate of drug-likeness (QED) is 0.780. The number of nitrogens with zero attached hydrogens (tertiary/aromatic N) is 1. The molecule has 1 amide bonds. The van der Waals surface area contributed by atoms with Gasteiger partial charge in [-0.3, -0.25) is 4.79 Å². The van der Waals surface area contributed by atoms with Crippen LogP contribution in [0.2, 0.25) is 0 Å². The lowest BCUT2D eigenvalue weighted by molar-refractivity contribution is -0.133. The maximum absolute atomic E-state index is 12.2. The van der Waals surface area contributed by atoms with Gasteiger partial charge in [-0.25, -0.2) is 0 Å². The van der Waals surface area contributed by atoms with E-state index in [1.165, 1.54) is 0 Å². The Labute approximate surface area is 109 Å². The molecule has 0 aliphatic heterocycles. The molecule has 0 aromatic heterocycles. The summed E-state index contributed by atoms with van der Waals surface area (Å²) in [4.78, 5) is 14.0. The number of hydrogen-bond donors (Lipinski definition) is 1. The predicted octanol–water partition coefficient (Wildman–Crippen LogP) is 1.98. The molecule has 0 aliphatic carbocycles. The number of benzene rings is 1. The maximum Gasteiger partial charge on any atom is 0.240 e. The minimum Gasteiger partial charge on any atom is -0.335 e. The Morgan fingerprint density at radius 3 is 2.50 bits per heavy atom. The van der Waals surface area contributed by atoms with Gasteiger partial charge >= 0.3 is 0 Å². The van der Waals surface area contributed by atoms with E-state index in [4.69, 9.17) is 5.73 Å². The standard InChI is InChI=1S/C15H22N2O/c1-4-10-17(12(2)3)15(18)14(16)11-13-8-6-5-7-9-13/h4-9,12,14H,1,10-11,16H2,2-3H3. The molecule has 3 nitrogen and oxygen atoms in total. The lowest BCUT2D eigenvalue weighted by Crippen LogP contribution is -2.47. The molecule has 18 heavy (non-hydrogen) atoms. The monoisotopic (exact) mass is 246 g/mol. The van der Waals surface area contributed by atoms with E-state index in [1.54, 1.807) is 11.0 Å². The van der Waals surface area contributed by atoms with E-state index in [0.29, 0.717) is 13.0 Å². The third-order valence-corrected chi connectivity index (χ3v) is 2.85. The zero-order valence-corrected chi connectivity index (χ0v) is 11.2. The fourth-order valence-corrected chi connectivity index (χ4v) is 1.86. The second-order valence-corrected chi connectivity index (χ2v) is 4.67. The molecule has 0 bridgehead atoms. The van der Waals surface area contributed by atoms with Gasteiger partial charge in [0.25, 0.3) is 0 Å². The van der Waals surface area contributed by atoms with Gasteiger partial charge in [0.1, 0.15) is 0 Å². The fourth-order valence-electron chi connectivity index (χ4n) is 1.86. The van der Waals surface area contributed by atoms with Crippen molar-refractivity contribution < 1.29 is 4.79 Å². The third-order valence-electron chi connectivity index (χ3n) is 2.85. The number of nitrogens with two attached hydrogens (primary N) is 1. The summed E-state index contributed by atoms with van der Waals surface area (Å²) in [5.41, 5.74) is 7.08. The van der Waals surface area contributed by atoms with Crippen molar-refractivity contribution >= 4 is 5.91 Å². The molecule has 0 saturated heterocycles. The van der Waals surface area contributed by atoms with Crippen LogP contribution in [0, 0.1) is 0 Å². The summed E-state index contributed by atoms with van der Waals surface area (Å²) in [6.45, 7) is 8.18. The Morgan fingerprint density at radius 2 is 2.00 bits per heavy atom. The van der Waals surface area contributed by atoms with Gasteiger partial charge in [-0.05, 0) is 25.8 Å². The molecule has 98 valence electrons. The van der Waals surface area contributed by atoms with Crippen molar-refractivity contribution in [2.24, 2.45) is 5.73 Å². The van der Waals surface area contributed by atoms with E-state index >= 15 is 0 Å². The fraction of sp³-hybridized carbons (Fsp3) is 0.400. The van der Waals surface area contributed by atoms with E-state index in [-0.39, 0.29) is 11.9 Å². The van der Waals surface area contributed by atoms with Crippen LogP contribution in [0.25, 0.3) is 0 Å². The van der Waals surface area contributed by atoms with Crippen molar-refractivity contribution in [3.63, 3.8) is 0 Å². The van der Waals surface area contributed by atoms with Crippen LogP contribution in [0.4, 0.5) is 0 Å². The molecule has 1 aromatic carbocycles. The summed E-state index contributed by atoms with van der Waals surface area (Å²) in [6, 6.07) is 9.48. The molecule has 1 atom stereocenters. The second-order valence-electron chi connectivity index (χ2n) is 4.67. The molecular formula is C15H22N2O. The minimum absolute atomic E-state index is 0.0197. The molecule has 0 aliphatic rings. The highest BCUT2D eigenvalue weighted by atomic mass is 16.2. The minimum atomic E-state index is -0.491. The first-order valence-corrected chi connectivity index (χ1v) is 6.27. The highest BCUT2D eigenvalue weighted by Crippen LogP contribution is 2.07. The van der Waals surface area contributed by atoms with Gasteiger partial charge in [-0.2, -0.15) is 0 Å². The summed E-state index contributed by atoms with van der Waals surface area (Å²) >= 11 is 0. The largest absolute Gasteiger partial charge is 0.335 e. The summed E-state index contributed by atoms with van der Waals surface area (Å²) in [5.74, 6) is -0.0197. The van der Waals surface area contributed by atoms with Gasteiger partial charge in [0.05, 0.1) is 6.04 Å². The van der Waals surface area contributed by atoms with Crippen LogP contribution in [-0.2, 0) is 11.2 Å². The SMILES string of the molecule is C=CCN(C(=O)C(N)Cc1ccccc1)C(C)C. The van der Waals surface area contributed by atoms with Crippen molar-refractivity contribution in [2.75, 3.05) is 6.54 Å². The number of carbonyl (C=O) groups is 1. The zero-order chi connectivity index (χ0) is 13.5. The van der Waals surface area contributed by atoms with E-state index < -0.39 is 6.04 Å². The number of rotatable bonds is 6. The molecule has 0 radical (unpaired) electrons. The van der Waals surface area contributed by atoms with Crippen molar-refractivity contribution in [3.05, 3.63) is 48.6 Å². The van der Waals surface area contributed by atoms with Crippen molar-refractivity contribution in [3.8, 4) is 0 Å². The lowest BCUT2D eigenvalue weighted by Gasteiger charge is -2.28. The van der Waals surface area contributed by atoms with Crippen LogP contribution in [0.3, 0.4) is 0 Å². The van der Waals surface area contributed by atoms with Crippen molar-refractivity contribution in [2.45, 2.75) is 32.4 Å². The average Bonchev–Trinajstić information content (AvgIpc) is 2.36. The first-order chi connectivity index (χ1) is 8.56. The van der Waals surface area contributed by atoms with Gasteiger partial charge in [0.15, 0.2) is 0 Å². The maximum atomic E-state index is 12.2. The Balaban J connectivity index is 2.67. The van der Waals surface area contributed by atoms with Crippen LogP contribution < -0.4 is 5.73 Å². The van der Waals surface area contributed by atoms with Crippen molar-refractivity contribution in [1.82, 2.24) is 4.90 Å². The van der Waals surface area contributed by atoms with Gasteiger partial charge < -0.3 is 10.6 Å². The normalized spacial score (nSPS) is 12.2. The molecule has 0 spiro atoms. The molecular weight excluding hydrogens is 224 g/mol. The summed E-state index contributed by atoms with van der Waals surface area (Å²) in [6.07, 6.45) is 2.30. The molecule has 0 heterocycles. The highest BCUT2D eigenvalue weighted by Gasteiger charge is 2.22. The van der Waals surface area contributed by atoms with Crippen LogP contribution >= 0.6 is 0 Å². The average molecular weight is 246 g/mol. The van der Waals surface area contributed by atoms with Crippen LogP contribution in [0.15, 0.2) is 43.0 Å². The first-order valence-electron chi connectivity index (χ1n) is 6.27. The summed E-state index contributed by atoms with van der Waals surface area (Å²) < 4.78 is 0. The Kier molecular flexibility index (Phi) is 5.59. The van der Waals surface area contributed by atoms with E-state index in [2.05, 4.69) is 6.58 Å². The van der Waals surface area contributed by atoms with Crippen LogP contribution in [0.5, 0.6) is 0 Å². The molecule has 3 heteroatoms. The summed E-state index contributed by atoms with van der Waals surface area (Å²) in [5, 5.41) is 0. The van der Waals surface area contributed by atoms with E-state index in [9.17, 15) is 4.79 Å². The topological polar surface area (TPSA) is 46.3 Å². The number of hydrogen-bond acceptors (Lipinski definition) is 2. The zero-order valence-electron chi connectivity index (χ0n) is 11.2. The number of amides is 1. The van der Waals surface area contributed by atoms with Crippen LogP contribution in [-0.4, -0.2) is 29.4 Å². The lowest BCUT2D eigenvalue weighted by atomic mass is 10.1. The van der Waals surface area contributed by atoms with Crippen molar-refractivity contribution in [1.29, 1.82) is 0 Å². The molecule has 0 saturated carbocycles. The smallest absolute Gasteiger partial charge is 0.240 e. The van der Waals surface area contributed by atoms with Gasteiger partial charge in [0, 0.05) is 12.6 Å². The van der Waals surface area contributed by atoms with Crippen LogP contribution in [0.1, 0.15) is 19.4 Å². The first kappa shape index (κ1) is 14.5. The Bertz CT molecular complexity index is 387. The second kappa shape index (κ2) is 6.97. The Morgan fingerprint density at radius 1 is 1.39 bits per heavy atom. The molecule has 1 aromatic rings. The highest BCUT2D eigenvalue weighted by molar-refractivity contribution is 5.82. The molecule has 1 unspecified atom stereocenters. The molecule has 2 N–H and O–H groups in total. The Hall–Kier alpha value is -1.61. The van der Waals surface area contributed by atoms with E-state index in [0.717, 1.165) is 5.56 Å². The van der Waals surface area contributed by atoms with Gasteiger partial charge in [-0.1, -0.05) is 36.4 Å². The summed E-state index contributed by atoms with van der Waals surface area (Å²) in [7, 11) is 0. The predicted molar refractivity (Wildman–Crippen MR) is 75.2 cm³/mol. The van der Waals surface area contributed by atoms with Gasteiger partial charge in [0.2, 0.25) is 5.91 Å². The molecule has 0 fully saturated rings.